The minimum atomic E-state index is 0.306. The molecule has 5 aliphatic rings. The van der Waals surface area contributed by atoms with Gasteiger partial charge in [-0.3, -0.25) is 0 Å². The van der Waals surface area contributed by atoms with Crippen LogP contribution >= 0.6 is 0 Å². The Hall–Kier alpha value is -1.36. The average molecular weight is 327 g/mol. The summed E-state index contributed by atoms with van der Waals surface area (Å²) in [6.07, 6.45) is 11.6. The molecular weight excluding hydrogens is 298 g/mol. The van der Waals surface area contributed by atoms with Crippen molar-refractivity contribution in [3.8, 4) is 0 Å². The van der Waals surface area contributed by atoms with Crippen molar-refractivity contribution < 1.29 is 0 Å². The summed E-state index contributed by atoms with van der Waals surface area (Å²) < 4.78 is 0. The molecule has 1 saturated heterocycles. The van der Waals surface area contributed by atoms with Gasteiger partial charge in [0.15, 0.2) is 5.82 Å². The van der Waals surface area contributed by atoms with Crippen LogP contribution < -0.4 is 15.5 Å². The van der Waals surface area contributed by atoms with Crippen molar-refractivity contribution >= 4 is 11.5 Å². The van der Waals surface area contributed by atoms with E-state index in [0.29, 0.717) is 11.6 Å². The molecule has 1 aliphatic heterocycles. The molecule has 0 spiro atoms. The molecule has 1 atom stereocenters. The molecule has 6 rings (SSSR count). The highest BCUT2D eigenvalue weighted by molar-refractivity contribution is 5.54. The lowest BCUT2D eigenvalue weighted by Gasteiger charge is -2.57. The smallest absolute Gasteiger partial charge is 0.151 e. The highest BCUT2D eigenvalue weighted by Gasteiger charge is 2.51. The van der Waals surface area contributed by atoms with E-state index in [0.717, 1.165) is 36.7 Å². The average Bonchev–Trinajstić information content (AvgIpc) is 3.02. The van der Waals surface area contributed by atoms with E-state index in [2.05, 4.69) is 38.8 Å². The predicted molar refractivity (Wildman–Crippen MR) is 96.2 cm³/mol. The number of hydrogen-bond acceptors (Lipinski definition) is 5. The van der Waals surface area contributed by atoms with E-state index >= 15 is 0 Å². The maximum absolute atomic E-state index is 4.42. The Morgan fingerprint density at radius 1 is 1.12 bits per heavy atom. The van der Waals surface area contributed by atoms with Gasteiger partial charge in [0, 0.05) is 30.7 Å². The number of aromatic nitrogens is 2. The minimum absolute atomic E-state index is 0.306. The fourth-order valence-electron chi connectivity index (χ4n) is 6.36. The van der Waals surface area contributed by atoms with Crippen molar-refractivity contribution in [1.82, 2.24) is 15.5 Å². The Morgan fingerprint density at radius 3 is 2.46 bits per heavy atom. The Morgan fingerprint density at radius 2 is 1.83 bits per heavy atom. The largest absolute Gasteiger partial charge is 0.369 e. The Bertz CT molecular complexity index is 580. The van der Waals surface area contributed by atoms with Gasteiger partial charge < -0.3 is 15.5 Å². The van der Waals surface area contributed by atoms with Crippen LogP contribution in [-0.4, -0.2) is 41.9 Å². The summed E-state index contributed by atoms with van der Waals surface area (Å²) in [6.45, 7) is 2.17. The first-order valence-corrected chi connectivity index (χ1v) is 9.74. The zero-order valence-corrected chi connectivity index (χ0v) is 14.7. The summed E-state index contributed by atoms with van der Waals surface area (Å²) in [4.78, 5) is 2.43. The van der Waals surface area contributed by atoms with Crippen LogP contribution in [0.2, 0.25) is 0 Å². The van der Waals surface area contributed by atoms with E-state index in [4.69, 9.17) is 0 Å². The van der Waals surface area contributed by atoms with E-state index < -0.39 is 0 Å². The lowest BCUT2D eigenvalue weighted by atomic mass is 9.53. The van der Waals surface area contributed by atoms with E-state index in [9.17, 15) is 0 Å². The quantitative estimate of drug-likeness (QED) is 0.890. The predicted octanol–water partition coefficient (Wildman–Crippen LogP) is 2.66. The second kappa shape index (κ2) is 5.58. The van der Waals surface area contributed by atoms with E-state index in [-0.39, 0.29) is 0 Å². The third kappa shape index (κ3) is 2.57. The highest BCUT2D eigenvalue weighted by atomic mass is 15.2. The van der Waals surface area contributed by atoms with Gasteiger partial charge >= 0.3 is 0 Å². The summed E-state index contributed by atoms with van der Waals surface area (Å²) in [5.74, 6) is 3.85. The fraction of sp³-hybridized carbons (Fsp3) is 0.789. The van der Waals surface area contributed by atoms with Gasteiger partial charge in [0.1, 0.15) is 0 Å². The van der Waals surface area contributed by atoms with Gasteiger partial charge in [-0.2, -0.15) is 5.10 Å². The summed E-state index contributed by atoms with van der Waals surface area (Å²) in [7, 11) is 2.05. The van der Waals surface area contributed by atoms with Crippen LogP contribution in [-0.2, 0) is 0 Å². The lowest BCUT2D eigenvalue weighted by molar-refractivity contribution is 0.0105. The highest BCUT2D eigenvalue weighted by Crippen LogP contribution is 2.56. The number of rotatable bonds is 4. The third-order valence-electron chi connectivity index (χ3n) is 7.03. The molecule has 0 radical (unpaired) electrons. The Labute approximate surface area is 144 Å². The summed E-state index contributed by atoms with van der Waals surface area (Å²) >= 11 is 0. The van der Waals surface area contributed by atoms with E-state index in [1.807, 2.05) is 6.20 Å². The fourth-order valence-corrected chi connectivity index (χ4v) is 6.36. The number of nitrogens with zero attached hydrogens (tertiary/aromatic N) is 3. The number of anilines is 2. The van der Waals surface area contributed by atoms with Crippen LogP contribution in [0.25, 0.3) is 0 Å². The van der Waals surface area contributed by atoms with Crippen molar-refractivity contribution in [2.24, 2.45) is 17.8 Å². The standard InChI is InChI=1S/C19H29N5/c1-20-16-2-3-24(12-16)17-7-18(23-21-11-17)22-19-8-13-4-14(9-19)6-15(5-13)10-19/h7,11,13-16,20H,2-6,8-10,12H2,1H3,(H,22,23)/t13?,14?,15?,16-,19?/m0/s1. The maximum Gasteiger partial charge on any atom is 0.151 e. The van der Waals surface area contributed by atoms with Crippen molar-refractivity contribution in [3.63, 3.8) is 0 Å². The molecular formula is C19H29N5. The molecule has 4 aliphatic carbocycles. The zero-order valence-electron chi connectivity index (χ0n) is 14.7. The third-order valence-corrected chi connectivity index (χ3v) is 7.03. The molecule has 2 heterocycles. The van der Waals surface area contributed by atoms with Gasteiger partial charge in [-0.15, -0.1) is 5.10 Å². The number of likely N-dealkylation sites (N-methyl/N-ethyl adjacent to an activating group) is 1. The van der Waals surface area contributed by atoms with Crippen molar-refractivity contribution in [1.29, 1.82) is 0 Å². The van der Waals surface area contributed by atoms with Crippen LogP contribution in [0.15, 0.2) is 12.3 Å². The van der Waals surface area contributed by atoms with Gasteiger partial charge in [-0.25, -0.2) is 0 Å². The van der Waals surface area contributed by atoms with Crippen LogP contribution in [0.4, 0.5) is 11.5 Å². The topological polar surface area (TPSA) is 53.1 Å². The Kier molecular flexibility index (Phi) is 3.47. The second-order valence-electron chi connectivity index (χ2n) is 8.84. The molecule has 0 unspecified atom stereocenters. The summed E-state index contributed by atoms with van der Waals surface area (Å²) in [6, 6.07) is 2.82. The molecule has 4 bridgehead atoms. The molecule has 2 N–H and O–H groups in total. The molecule has 5 nitrogen and oxygen atoms in total. The first kappa shape index (κ1) is 14.9. The molecule has 4 saturated carbocycles. The van der Waals surface area contributed by atoms with Crippen molar-refractivity contribution in [2.75, 3.05) is 30.4 Å². The molecule has 1 aromatic rings. The molecule has 24 heavy (non-hydrogen) atoms. The van der Waals surface area contributed by atoms with Crippen molar-refractivity contribution in [3.05, 3.63) is 12.3 Å². The summed E-state index contributed by atoms with van der Waals surface area (Å²) in [5, 5.41) is 16.0. The van der Waals surface area contributed by atoms with E-state index in [1.165, 1.54) is 50.6 Å². The van der Waals surface area contributed by atoms with Gasteiger partial charge in [-0.1, -0.05) is 0 Å². The molecule has 1 aromatic heterocycles. The van der Waals surface area contributed by atoms with E-state index in [1.54, 1.807) is 0 Å². The first-order valence-electron chi connectivity index (χ1n) is 9.74. The normalized spacial score (nSPS) is 40.3. The van der Waals surface area contributed by atoms with Crippen molar-refractivity contribution in [2.45, 2.75) is 56.5 Å². The van der Waals surface area contributed by atoms with Gasteiger partial charge in [-0.05, 0) is 69.7 Å². The lowest BCUT2D eigenvalue weighted by Crippen LogP contribution is -2.54. The molecule has 130 valence electrons. The van der Waals surface area contributed by atoms with Crippen LogP contribution in [0, 0.1) is 17.8 Å². The van der Waals surface area contributed by atoms with Crippen LogP contribution in [0.1, 0.15) is 44.9 Å². The zero-order chi connectivity index (χ0) is 16.1. The molecule has 0 amide bonds. The van der Waals surface area contributed by atoms with Gasteiger partial charge in [0.2, 0.25) is 0 Å². The van der Waals surface area contributed by atoms with Crippen LogP contribution in [0.5, 0.6) is 0 Å². The molecule has 5 heteroatoms. The van der Waals surface area contributed by atoms with Gasteiger partial charge in [0.25, 0.3) is 0 Å². The second-order valence-corrected chi connectivity index (χ2v) is 8.84. The summed E-state index contributed by atoms with van der Waals surface area (Å²) in [5.41, 5.74) is 1.52. The Balaban J connectivity index is 1.34. The molecule has 0 aromatic carbocycles. The first-order chi connectivity index (χ1) is 11.7. The monoisotopic (exact) mass is 327 g/mol. The molecule has 5 fully saturated rings. The SMILES string of the molecule is CN[C@H]1CCN(c2cnnc(NC34CC5CC(CC(C5)C3)C4)c2)C1. The number of hydrogen-bond donors (Lipinski definition) is 2. The van der Waals surface area contributed by atoms with Crippen LogP contribution in [0.3, 0.4) is 0 Å². The number of nitrogens with one attached hydrogen (secondary N) is 2. The minimum Gasteiger partial charge on any atom is -0.369 e. The maximum atomic E-state index is 4.42. The van der Waals surface area contributed by atoms with Gasteiger partial charge in [0.05, 0.1) is 11.9 Å².